The van der Waals surface area contributed by atoms with Crippen LogP contribution >= 0.6 is 0 Å². The van der Waals surface area contributed by atoms with Crippen LogP contribution in [-0.4, -0.2) is 65.3 Å². The number of sulfonamides is 1. The van der Waals surface area contributed by atoms with Gasteiger partial charge in [-0.3, -0.25) is 24.2 Å². The van der Waals surface area contributed by atoms with Gasteiger partial charge in [-0.2, -0.15) is 0 Å². The number of carbonyl (C=O) groups is 2. The number of hydrogen-bond acceptors (Lipinski definition) is 8. The Bertz CT molecular complexity index is 1920. The first-order chi connectivity index (χ1) is 24.2. The summed E-state index contributed by atoms with van der Waals surface area (Å²) >= 11 is 0. The van der Waals surface area contributed by atoms with Crippen LogP contribution in [0.3, 0.4) is 0 Å². The lowest BCUT2D eigenvalue weighted by Gasteiger charge is -2.38. The summed E-state index contributed by atoms with van der Waals surface area (Å²) in [6.07, 6.45) is 7.92. The molecule has 1 N–H and O–H groups in total. The number of aromatic nitrogens is 1. The third kappa shape index (κ3) is 7.71. The van der Waals surface area contributed by atoms with Crippen LogP contribution < -0.4 is 9.46 Å². The molecule has 3 aliphatic rings. The summed E-state index contributed by atoms with van der Waals surface area (Å²) < 4.78 is 41.8. The summed E-state index contributed by atoms with van der Waals surface area (Å²) in [4.78, 5) is 36.8. The van der Waals surface area contributed by atoms with Crippen LogP contribution in [0, 0.1) is 19.8 Å². The zero-order valence-electron chi connectivity index (χ0n) is 30.8. The number of aliphatic imine (C=N–C) groups is 1. The Morgan fingerprint density at radius 3 is 2.51 bits per heavy atom. The molecule has 3 aromatic rings. The van der Waals surface area contributed by atoms with E-state index in [1.165, 1.54) is 0 Å². The van der Waals surface area contributed by atoms with E-state index in [2.05, 4.69) is 16.8 Å². The first kappa shape index (κ1) is 36.6. The second kappa shape index (κ2) is 14.4. The van der Waals surface area contributed by atoms with Gasteiger partial charge in [0.1, 0.15) is 22.9 Å². The molecule has 6 rings (SSSR count). The highest BCUT2D eigenvalue weighted by atomic mass is 32.2. The monoisotopic (exact) mass is 717 g/mol. The van der Waals surface area contributed by atoms with Gasteiger partial charge >= 0.3 is 0 Å². The zero-order chi connectivity index (χ0) is 36.6. The van der Waals surface area contributed by atoms with E-state index in [0.29, 0.717) is 54.1 Å². The molecule has 11 nitrogen and oxygen atoms in total. The van der Waals surface area contributed by atoms with Crippen molar-refractivity contribution in [1.29, 1.82) is 0 Å². The average Bonchev–Trinajstić information content (AvgIpc) is 3.80. The van der Waals surface area contributed by atoms with Crippen molar-refractivity contribution in [3.05, 3.63) is 59.4 Å². The number of anilines is 1. The summed E-state index contributed by atoms with van der Waals surface area (Å²) in [7, 11) is -4.07. The van der Waals surface area contributed by atoms with Gasteiger partial charge in [0.15, 0.2) is 11.4 Å². The first-order valence-electron chi connectivity index (χ1n) is 18.3. The highest BCUT2D eigenvalue weighted by Gasteiger charge is 2.51. The van der Waals surface area contributed by atoms with Gasteiger partial charge in [-0.05, 0) is 84.4 Å². The smallest absolute Gasteiger partial charge is 0.263 e. The van der Waals surface area contributed by atoms with E-state index in [1.807, 2.05) is 43.9 Å². The largest absolute Gasteiger partial charge is 0.487 e. The maximum absolute atomic E-state index is 14.4. The molecule has 274 valence electrons. The van der Waals surface area contributed by atoms with Crippen LogP contribution in [0.1, 0.15) is 102 Å². The zero-order valence-corrected chi connectivity index (χ0v) is 31.6. The first-order valence-corrected chi connectivity index (χ1v) is 19.8. The maximum atomic E-state index is 14.4. The van der Waals surface area contributed by atoms with E-state index in [1.54, 1.807) is 43.0 Å². The number of nitrogens with zero attached hydrogens (tertiary/aromatic N) is 4. The number of likely N-dealkylation sites (tertiary alicyclic amines) is 1. The second-order valence-electron chi connectivity index (χ2n) is 15.3. The molecule has 3 heterocycles. The standard InChI is InChI=1S/C39H51N5O6S/c1-7-8-18-34-40-39(21-13-22-43(25-39)36(45)29-14-9-10-15-29)37(46)44(34)24-28-19-20-30(32(23-28)49-38(4,5)6)31-16-11-12-17-33(31)51(47,48)42-35-26(2)27(3)50-41-35/h11-12,16-17,19-20,23,29H,7-10,13-15,18,21-22,24-25H2,1-6H3,(H,41,42). The number of nitrogens with one attached hydrogen (secondary N) is 1. The minimum absolute atomic E-state index is 0.0548. The van der Waals surface area contributed by atoms with E-state index in [9.17, 15) is 18.0 Å². The normalized spacial score (nSPS) is 20.0. The van der Waals surface area contributed by atoms with Gasteiger partial charge in [-0.1, -0.05) is 61.7 Å². The Morgan fingerprint density at radius 2 is 1.82 bits per heavy atom. The Labute approximate surface area is 301 Å². The summed E-state index contributed by atoms with van der Waals surface area (Å²) in [5, 5.41) is 3.90. The van der Waals surface area contributed by atoms with Crippen molar-refractivity contribution in [2.45, 2.75) is 122 Å². The Hall–Kier alpha value is -4.19. The Morgan fingerprint density at radius 1 is 1.08 bits per heavy atom. The van der Waals surface area contributed by atoms with Crippen molar-refractivity contribution in [2.24, 2.45) is 10.9 Å². The highest BCUT2D eigenvalue weighted by molar-refractivity contribution is 7.92. The highest BCUT2D eigenvalue weighted by Crippen LogP contribution is 2.40. The fraction of sp³-hybridized carbons (Fsp3) is 0.538. The van der Waals surface area contributed by atoms with Crippen molar-refractivity contribution in [1.82, 2.24) is 15.0 Å². The molecule has 2 aliphatic heterocycles. The summed E-state index contributed by atoms with van der Waals surface area (Å²) in [6.45, 7) is 12.7. The summed E-state index contributed by atoms with van der Waals surface area (Å²) in [6, 6.07) is 12.4. The van der Waals surface area contributed by atoms with E-state index >= 15 is 0 Å². The molecule has 2 amide bonds. The van der Waals surface area contributed by atoms with Gasteiger partial charge < -0.3 is 14.2 Å². The molecular formula is C39H51N5O6S. The van der Waals surface area contributed by atoms with E-state index in [-0.39, 0.29) is 35.0 Å². The molecule has 1 unspecified atom stereocenters. The molecule has 51 heavy (non-hydrogen) atoms. The van der Waals surface area contributed by atoms with Crippen molar-refractivity contribution >= 4 is 33.5 Å². The molecular weight excluding hydrogens is 667 g/mol. The molecule has 1 aliphatic carbocycles. The van der Waals surface area contributed by atoms with Crippen LogP contribution in [-0.2, 0) is 26.2 Å². The van der Waals surface area contributed by atoms with E-state index in [0.717, 1.165) is 56.3 Å². The molecule has 1 spiro atoms. The van der Waals surface area contributed by atoms with Gasteiger partial charge in [0.2, 0.25) is 5.91 Å². The minimum Gasteiger partial charge on any atom is -0.487 e. The lowest BCUT2D eigenvalue weighted by atomic mass is 9.88. The van der Waals surface area contributed by atoms with Crippen LogP contribution in [0.5, 0.6) is 5.75 Å². The number of amidine groups is 1. The Kier molecular flexibility index (Phi) is 10.4. The number of amides is 2. The van der Waals surface area contributed by atoms with Crippen LogP contribution in [0.25, 0.3) is 11.1 Å². The minimum atomic E-state index is -4.07. The molecule has 2 fully saturated rings. The Balaban J connectivity index is 1.32. The number of benzene rings is 2. The van der Waals surface area contributed by atoms with Gasteiger partial charge in [0.05, 0.1) is 18.0 Å². The molecule has 0 radical (unpaired) electrons. The van der Waals surface area contributed by atoms with Crippen LogP contribution in [0.15, 0.2) is 56.9 Å². The van der Waals surface area contributed by atoms with Gasteiger partial charge in [0.25, 0.3) is 15.9 Å². The number of hydrogen-bond donors (Lipinski definition) is 1. The molecule has 12 heteroatoms. The van der Waals surface area contributed by atoms with Crippen LogP contribution in [0.2, 0.25) is 0 Å². The summed E-state index contributed by atoms with van der Waals surface area (Å²) in [5.74, 6) is 2.10. The van der Waals surface area contributed by atoms with Crippen molar-refractivity contribution < 1.29 is 27.3 Å². The molecule has 1 atom stereocenters. The van der Waals surface area contributed by atoms with Gasteiger partial charge in [-0.15, -0.1) is 0 Å². The summed E-state index contributed by atoms with van der Waals surface area (Å²) in [5.41, 5.74) is 0.937. The number of piperidine rings is 1. The van der Waals surface area contributed by atoms with E-state index in [4.69, 9.17) is 14.3 Å². The van der Waals surface area contributed by atoms with Crippen LogP contribution in [0.4, 0.5) is 5.82 Å². The van der Waals surface area contributed by atoms with Crippen molar-refractivity contribution in [3.8, 4) is 16.9 Å². The molecule has 1 aromatic heterocycles. The maximum Gasteiger partial charge on any atom is 0.263 e. The number of aryl methyl sites for hydroxylation is 1. The molecule has 1 saturated carbocycles. The fourth-order valence-electron chi connectivity index (χ4n) is 7.44. The predicted octanol–water partition coefficient (Wildman–Crippen LogP) is 7.42. The van der Waals surface area contributed by atoms with E-state index < -0.39 is 21.2 Å². The topological polar surface area (TPSA) is 134 Å². The lowest BCUT2D eigenvalue weighted by molar-refractivity contribution is -0.141. The average molecular weight is 718 g/mol. The third-order valence-corrected chi connectivity index (χ3v) is 11.6. The molecule has 1 saturated heterocycles. The molecule has 0 bridgehead atoms. The predicted molar refractivity (Wildman–Crippen MR) is 197 cm³/mol. The SMILES string of the molecule is CCCCC1=NC2(CCCN(C(=O)C3CCCC3)C2)C(=O)N1Cc1ccc(-c2ccccc2S(=O)(=O)Nc2noc(C)c2C)c(OC(C)(C)C)c1. The molecule has 2 aromatic carbocycles. The lowest BCUT2D eigenvalue weighted by Crippen LogP contribution is -2.55. The fourth-order valence-corrected chi connectivity index (χ4v) is 8.72. The van der Waals surface area contributed by atoms with Gasteiger partial charge in [-0.25, -0.2) is 8.42 Å². The van der Waals surface area contributed by atoms with Crippen molar-refractivity contribution in [3.63, 3.8) is 0 Å². The number of carbonyl (C=O) groups excluding carboxylic acids is 2. The number of rotatable bonds is 11. The third-order valence-electron chi connectivity index (χ3n) is 10.2. The number of unbranched alkanes of at least 4 members (excludes halogenated alkanes) is 1. The number of ether oxygens (including phenoxy) is 1. The second-order valence-corrected chi connectivity index (χ2v) is 16.9. The quantitative estimate of drug-likeness (QED) is 0.218. The van der Waals surface area contributed by atoms with Crippen molar-refractivity contribution in [2.75, 3.05) is 17.8 Å². The van der Waals surface area contributed by atoms with Gasteiger partial charge in [0, 0.05) is 35.6 Å².